The fourth-order valence-corrected chi connectivity index (χ4v) is 2.11. The van der Waals surface area contributed by atoms with Gasteiger partial charge >= 0.3 is 0 Å². The molecule has 1 amide bonds. The summed E-state index contributed by atoms with van der Waals surface area (Å²) in [5.74, 6) is 0.166. The fraction of sp³-hybridized carbons (Fsp3) is 0.923. The van der Waals surface area contributed by atoms with E-state index in [0.29, 0.717) is 6.42 Å². The zero-order valence-corrected chi connectivity index (χ0v) is 11.1. The first-order valence-corrected chi connectivity index (χ1v) is 7.02. The van der Waals surface area contributed by atoms with Crippen LogP contribution < -0.4 is 10.6 Å². The van der Waals surface area contributed by atoms with Crippen LogP contribution in [0.25, 0.3) is 0 Å². The largest absolute Gasteiger partial charge is 0.356 e. The van der Waals surface area contributed by atoms with Gasteiger partial charge in [0.15, 0.2) is 0 Å². The molecule has 0 aromatic rings. The average molecular weight is 241 g/mol. The molecule has 2 N–H and O–H groups in total. The first kappa shape index (κ1) is 14.5. The van der Waals surface area contributed by atoms with Gasteiger partial charge in [-0.05, 0) is 51.9 Å². The molecule has 0 atom stereocenters. The van der Waals surface area contributed by atoms with Crippen LogP contribution in [0, 0.1) is 0 Å². The van der Waals surface area contributed by atoms with Crippen molar-refractivity contribution in [1.29, 1.82) is 0 Å². The van der Waals surface area contributed by atoms with Gasteiger partial charge in [-0.25, -0.2) is 0 Å². The summed E-state index contributed by atoms with van der Waals surface area (Å²) >= 11 is 0. The Kier molecular flexibility index (Phi) is 8.01. The molecule has 0 spiro atoms. The third-order valence-corrected chi connectivity index (χ3v) is 3.13. The fourth-order valence-electron chi connectivity index (χ4n) is 2.11. The lowest BCUT2D eigenvalue weighted by molar-refractivity contribution is -0.120. The molecule has 100 valence electrons. The van der Waals surface area contributed by atoms with Gasteiger partial charge in [-0.3, -0.25) is 4.79 Å². The van der Waals surface area contributed by atoms with Gasteiger partial charge in [0, 0.05) is 19.5 Å². The first-order chi connectivity index (χ1) is 8.33. The Balaban J connectivity index is 1.82. The van der Waals surface area contributed by atoms with E-state index < -0.39 is 0 Å². The van der Waals surface area contributed by atoms with E-state index in [1.54, 1.807) is 0 Å². The van der Waals surface area contributed by atoms with E-state index in [1.807, 2.05) is 0 Å². The molecule has 1 saturated heterocycles. The Morgan fingerprint density at radius 1 is 1.18 bits per heavy atom. The van der Waals surface area contributed by atoms with Crippen LogP contribution in [0.4, 0.5) is 0 Å². The molecule has 0 aromatic heterocycles. The molecular weight excluding hydrogens is 214 g/mol. The maximum Gasteiger partial charge on any atom is 0.221 e. The Bertz CT molecular complexity index is 203. The zero-order valence-electron chi connectivity index (χ0n) is 11.1. The molecular formula is C13H27N3O. The Labute approximate surface area is 105 Å². The topological polar surface area (TPSA) is 44.4 Å². The number of nitrogens with zero attached hydrogens (tertiary/aromatic N) is 1. The Hall–Kier alpha value is -0.610. The van der Waals surface area contributed by atoms with Gasteiger partial charge in [-0.1, -0.05) is 6.92 Å². The highest BCUT2D eigenvalue weighted by Gasteiger charge is 2.09. The number of likely N-dealkylation sites (tertiary alicyclic amines) is 1. The summed E-state index contributed by atoms with van der Waals surface area (Å²) in [6.07, 6.45) is 5.53. The van der Waals surface area contributed by atoms with Crippen molar-refractivity contribution in [2.45, 2.75) is 39.0 Å². The minimum Gasteiger partial charge on any atom is -0.356 e. The number of hydrogen-bond acceptors (Lipinski definition) is 3. The van der Waals surface area contributed by atoms with E-state index in [2.05, 4.69) is 22.5 Å². The highest BCUT2D eigenvalue weighted by molar-refractivity contribution is 5.75. The van der Waals surface area contributed by atoms with Crippen molar-refractivity contribution < 1.29 is 4.79 Å². The van der Waals surface area contributed by atoms with Gasteiger partial charge in [0.25, 0.3) is 0 Å². The van der Waals surface area contributed by atoms with Crippen molar-refractivity contribution in [3.8, 4) is 0 Å². The van der Waals surface area contributed by atoms with Crippen LogP contribution in [0.3, 0.4) is 0 Å². The number of amides is 1. The van der Waals surface area contributed by atoms with E-state index in [9.17, 15) is 4.79 Å². The number of nitrogens with one attached hydrogen (secondary N) is 2. The number of rotatable bonds is 9. The van der Waals surface area contributed by atoms with Crippen molar-refractivity contribution >= 4 is 5.91 Å². The summed E-state index contributed by atoms with van der Waals surface area (Å²) in [4.78, 5) is 13.8. The first-order valence-electron chi connectivity index (χ1n) is 7.02. The van der Waals surface area contributed by atoms with Crippen molar-refractivity contribution in [3.05, 3.63) is 0 Å². The normalized spacial score (nSPS) is 16.3. The average Bonchev–Trinajstić information content (AvgIpc) is 2.84. The zero-order chi connectivity index (χ0) is 12.3. The lowest BCUT2D eigenvalue weighted by Gasteiger charge is -2.14. The molecule has 17 heavy (non-hydrogen) atoms. The number of carbonyl (C=O) groups is 1. The Morgan fingerprint density at radius 2 is 1.94 bits per heavy atom. The molecule has 0 bridgehead atoms. The summed E-state index contributed by atoms with van der Waals surface area (Å²) in [7, 11) is 0. The van der Waals surface area contributed by atoms with E-state index in [4.69, 9.17) is 0 Å². The number of carbonyl (C=O) groups excluding carboxylic acids is 1. The third kappa shape index (κ3) is 7.34. The van der Waals surface area contributed by atoms with Crippen molar-refractivity contribution in [2.75, 3.05) is 39.3 Å². The maximum atomic E-state index is 11.3. The monoisotopic (exact) mass is 241 g/mol. The predicted octanol–water partition coefficient (Wildman–Crippen LogP) is 0.978. The van der Waals surface area contributed by atoms with E-state index in [0.717, 1.165) is 26.1 Å². The Morgan fingerprint density at radius 3 is 2.65 bits per heavy atom. The van der Waals surface area contributed by atoms with Crippen LogP contribution in [0.1, 0.15) is 39.0 Å². The minimum atomic E-state index is 0.166. The molecule has 1 aliphatic heterocycles. The van der Waals surface area contributed by atoms with E-state index in [1.165, 1.54) is 38.9 Å². The van der Waals surface area contributed by atoms with Crippen molar-refractivity contribution in [2.24, 2.45) is 0 Å². The van der Waals surface area contributed by atoms with Crippen LogP contribution in [-0.2, 0) is 4.79 Å². The summed E-state index contributed by atoms with van der Waals surface area (Å²) < 4.78 is 0. The smallest absolute Gasteiger partial charge is 0.221 e. The molecule has 0 aliphatic carbocycles. The maximum absolute atomic E-state index is 11.3. The van der Waals surface area contributed by atoms with E-state index >= 15 is 0 Å². The quantitative estimate of drug-likeness (QED) is 0.591. The molecule has 4 nitrogen and oxygen atoms in total. The van der Waals surface area contributed by atoms with Crippen LogP contribution in [0.2, 0.25) is 0 Å². The van der Waals surface area contributed by atoms with Gasteiger partial charge in [0.2, 0.25) is 5.91 Å². The molecule has 0 saturated carbocycles. The standard InChI is InChI=1S/C13H27N3O/c1-2-7-15-13(17)6-9-14-8-5-12-16-10-3-4-11-16/h14H,2-12H2,1H3,(H,15,17). The molecule has 1 rings (SSSR count). The highest BCUT2D eigenvalue weighted by Crippen LogP contribution is 2.06. The van der Waals surface area contributed by atoms with Gasteiger partial charge < -0.3 is 15.5 Å². The summed E-state index contributed by atoms with van der Waals surface area (Å²) in [6.45, 7) is 8.45. The summed E-state index contributed by atoms with van der Waals surface area (Å²) in [6, 6.07) is 0. The van der Waals surface area contributed by atoms with Crippen LogP contribution in [0.15, 0.2) is 0 Å². The summed E-state index contributed by atoms with van der Waals surface area (Å²) in [5.41, 5.74) is 0. The molecule has 4 heteroatoms. The summed E-state index contributed by atoms with van der Waals surface area (Å²) in [5, 5.41) is 6.21. The minimum absolute atomic E-state index is 0.166. The predicted molar refractivity (Wildman–Crippen MR) is 71.1 cm³/mol. The SMILES string of the molecule is CCCNC(=O)CCNCCCN1CCCC1. The molecule has 0 aromatic carbocycles. The van der Waals surface area contributed by atoms with Crippen LogP contribution >= 0.6 is 0 Å². The third-order valence-electron chi connectivity index (χ3n) is 3.13. The van der Waals surface area contributed by atoms with Crippen molar-refractivity contribution in [3.63, 3.8) is 0 Å². The van der Waals surface area contributed by atoms with Crippen LogP contribution in [0.5, 0.6) is 0 Å². The second-order valence-electron chi connectivity index (χ2n) is 4.75. The van der Waals surface area contributed by atoms with Crippen LogP contribution in [-0.4, -0.2) is 50.1 Å². The van der Waals surface area contributed by atoms with Gasteiger partial charge in [-0.2, -0.15) is 0 Å². The van der Waals surface area contributed by atoms with Crippen molar-refractivity contribution in [1.82, 2.24) is 15.5 Å². The lowest BCUT2D eigenvalue weighted by Crippen LogP contribution is -2.29. The second kappa shape index (κ2) is 9.42. The van der Waals surface area contributed by atoms with Gasteiger partial charge in [0.1, 0.15) is 0 Å². The van der Waals surface area contributed by atoms with Gasteiger partial charge in [-0.15, -0.1) is 0 Å². The number of hydrogen-bond donors (Lipinski definition) is 2. The second-order valence-corrected chi connectivity index (χ2v) is 4.75. The van der Waals surface area contributed by atoms with Gasteiger partial charge in [0.05, 0.1) is 0 Å². The molecule has 1 fully saturated rings. The molecule has 0 radical (unpaired) electrons. The highest BCUT2D eigenvalue weighted by atomic mass is 16.1. The molecule has 0 unspecified atom stereocenters. The molecule has 1 heterocycles. The lowest BCUT2D eigenvalue weighted by atomic mass is 10.3. The molecule has 1 aliphatic rings. The van der Waals surface area contributed by atoms with E-state index in [-0.39, 0.29) is 5.91 Å².